The van der Waals surface area contributed by atoms with Gasteiger partial charge in [0, 0.05) is 20.5 Å². The summed E-state index contributed by atoms with van der Waals surface area (Å²) in [6.45, 7) is 0. The third-order valence-electron chi connectivity index (χ3n) is 3.68. The second kappa shape index (κ2) is 6.98. The van der Waals surface area contributed by atoms with Crippen LogP contribution in [0.4, 0.5) is 0 Å². The Bertz CT molecular complexity index is 729. The van der Waals surface area contributed by atoms with E-state index in [4.69, 9.17) is 16.3 Å². The van der Waals surface area contributed by atoms with Crippen LogP contribution in [0.15, 0.2) is 23.1 Å². The number of carbonyl (C=O) groups excluding carboxylic acids is 2. The van der Waals surface area contributed by atoms with E-state index in [0.717, 1.165) is 17.1 Å². The number of hydrogen-bond donors (Lipinski definition) is 0. The maximum Gasteiger partial charge on any atom is 0.340 e. The Kier molecular flexibility index (Phi) is 5.44. The Morgan fingerprint density at radius 2 is 2.00 bits per heavy atom. The third kappa shape index (κ3) is 3.91. The zero-order chi connectivity index (χ0) is 17.2. The zero-order valence-corrected chi connectivity index (χ0v) is 14.5. The van der Waals surface area contributed by atoms with E-state index >= 15 is 0 Å². The Labute approximate surface area is 140 Å². The van der Waals surface area contributed by atoms with E-state index in [1.54, 1.807) is 0 Å². The van der Waals surface area contributed by atoms with Gasteiger partial charge in [-0.15, -0.1) is 0 Å². The number of benzene rings is 1. The van der Waals surface area contributed by atoms with Gasteiger partial charge < -0.3 is 4.74 Å². The van der Waals surface area contributed by atoms with E-state index in [1.807, 2.05) is 0 Å². The number of hydrogen-bond acceptors (Lipinski definition) is 5. The highest BCUT2D eigenvalue weighted by Crippen LogP contribution is 2.25. The van der Waals surface area contributed by atoms with Crippen molar-refractivity contribution in [2.75, 3.05) is 14.1 Å². The second-order valence-electron chi connectivity index (χ2n) is 5.54. The van der Waals surface area contributed by atoms with Gasteiger partial charge in [-0.1, -0.05) is 11.6 Å². The lowest BCUT2D eigenvalue weighted by atomic mass is 9.96. The van der Waals surface area contributed by atoms with Gasteiger partial charge in [-0.3, -0.25) is 4.79 Å². The van der Waals surface area contributed by atoms with Crippen molar-refractivity contribution in [3.8, 4) is 0 Å². The van der Waals surface area contributed by atoms with Gasteiger partial charge >= 0.3 is 5.97 Å². The Balaban J connectivity index is 2.28. The van der Waals surface area contributed by atoms with Crippen LogP contribution >= 0.6 is 11.6 Å². The van der Waals surface area contributed by atoms with E-state index in [-0.39, 0.29) is 21.3 Å². The smallest absolute Gasteiger partial charge is 0.340 e. The first-order valence-electron chi connectivity index (χ1n) is 7.19. The molecule has 6 nitrogen and oxygen atoms in total. The van der Waals surface area contributed by atoms with Crippen LogP contribution in [0, 0.1) is 0 Å². The summed E-state index contributed by atoms with van der Waals surface area (Å²) >= 11 is 5.98. The molecular weight excluding hydrogens is 342 g/mol. The predicted molar refractivity (Wildman–Crippen MR) is 85.0 cm³/mol. The molecule has 126 valence electrons. The summed E-state index contributed by atoms with van der Waals surface area (Å²) in [6, 6.07) is 3.82. The number of ether oxygens (including phenoxy) is 1. The van der Waals surface area contributed by atoms with Crippen molar-refractivity contribution < 1.29 is 22.7 Å². The fraction of sp³-hybridized carbons (Fsp3) is 0.467. The van der Waals surface area contributed by atoms with Crippen molar-refractivity contribution >= 4 is 33.4 Å². The van der Waals surface area contributed by atoms with Crippen LogP contribution in [-0.2, 0) is 19.6 Å². The van der Waals surface area contributed by atoms with Crippen LogP contribution in [0.5, 0.6) is 0 Å². The molecule has 0 aliphatic heterocycles. The molecular formula is C15H18ClNO5S. The monoisotopic (exact) mass is 359 g/mol. The molecule has 0 heterocycles. The number of halogens is 1. The molecule has 8 heteroatoms. The number of ketones is 1. The summed E-state index contributed by atoms with van der Waals surface area (Å²) in [6.07, 6.45) is 1.70. The van der Waals surface area contributed by atoms with Crippen LogP contribution < -0.4 is 0 Å². The highest BCUT2D eigenvalue weighted by molar-refractivity contribution is 7.89. The Morgan fingerprint density at radius 3 is 2.61 bits per heavy atom. The van der Waals surface area contributed by atoms with E-state index in [2.05, 4.69) is 0 Å². The normalized spacial score (nSPS) is 19.0. The van der Waals surface area contributed by atoms with E-state index in [0.29, 0.717) is 12.8 Å². The Hall–Kier alpha value is -1.44. The molecule has 0 saturated heterocycles. The van der Waals surface area contributed by atoms with Gasteiger partial charge in [0.25, 0.3) is 0 Å². The summed E-state index contributed by atoms with van der Waals surface area (Å²) in [5, 5.41) is 0.0796. The number of carbonyl (C=O) groups is 2. The SMILES string of the molecule is CN(C)S(=O)(=O)c1ccc(Cl)c(C(=O)OC2CCCCC2=O)c1. The average Bonchev–Trinajstić information content (AvgIpc) is 2.49. The lowest BCUT2D eigenvalue weighted by molar-refractivity contribution is -0.129. The maximum absolute atomic E-state index is 12.3. The van der Waals surface area contributed by atoms with Crippen molar-refractivity contribution in [2.24, 2.45) is 0 Å². The fourth-order valence-corrected chi connectivity index (χ4v) is 3.42. The van der Waals surface area contributed by atoms with Crippen LogP contribution in [0.3, 0.4) is 0 Å². The van der Waals surface area contributed by atoms with E-state index < -0.39 is 22.1 Å². The lowest BCUT2D eigenvalue weighted by Crippen LogP contribution is -2.30. The van der Waals surface area contributed by atoms with Gasteiger partial charge in [0.15, 0.2) is 11.9 Å². The maximum atomic E-state index is 12.3. The van der Waals surface area contributed by atoms with E-state index in [9.17, 15) is 18.0 Å². The molecule has 0 spiro atoms. The molecule has 0 N–H and O–H groups in total. The van der Waals surface area contributed by atoms with Gasteiger partial charge in [0.05, 0.1) is 15.5 Å². The molecule has 1 fully saturated rings. The van der Waals surface area contributed by atoms with Gasteiger partial charge in [0.2, 0.25) is 10.0 Å². The van der Waals surface area contributed by atoms with Gasteiger partial charge in [-0.25, -0.2) is 17.5 Å². The molecule has 23 heavy (non-hydrogen) atoms. The van der Waals surface area contributed by atoms with Crippen molar-refractivity contribution in [3.05, 3.63) is 28.8 Å². The van der Waals surface area contributed by atoms with Crippen LogP contribution in [-0.4, -0.2) is 44.7 Å². The Morgan fingerprint density at radius 1 is 1.30 bits per heavy atom. The first-order chi connectivity index (χ1) is 10.7. The van der Waals surface area contributed by atoms with Gasteiger partial charge in [-0.2, -0.15) is 0 Å². The quantitative estimate of drug-likeness (QED) is 0.770. The van der Waals surface area contributed by atoms with Crippen molar-refractivity contribution in [1.29, 1.82) is 0 Å². The molecule has 1 unspecified atom stereocenters. The largest absolute Gasteiger partial charge is 0.451 e. The second-order valence-corrected chi connectivity index (χ2v) is 8.09. The van der Waals surface area contributed by atoms with E-state index in [1.165, 1.54) is 32.3 Å². The molecule has 0 bridgehead atoms. The molecule has 0 radical (unpaired) electrons. The first-order valence-corrected chi connectivity index (χ1v) is 9.01. The van der Waals surface area contributed by atoms with Crippen LogP contribution in [0.2, 0.25) is 5.02 Å². The van der Waals surface area contributed by atoms with Crippen molar-refractivity contribution in [3.63, 3.8) is 0 Å². The van der Waals surface area contributed by atoms with Crippen molar-refractivity contribution in [1.82, 2.24) is 4.31 Å². The highest BCUT2D eigenvalue weighted by atomic mass is 35.5. The number of rotatable bonds is 4. The summed E-state index contributed by atoms with van der Waals surface area (Å²) < 4.78 is 30.5. The number of esters is 1. The summed E-state index contributed by atoms with van der Waals surface area (Å²) in [7, 11) is -0.911. The minimum Gasteiger partial charge on any atom is -0.451 e. The topological polar surface area (TPSA) is 80.8 Å². The molecule has 0 amide bonds. The first kappa shape index (κ1) is 17.9. The highest BCUT2D eigenvalue weighted by Gasteiger charge is 2.28. The van der Waals surface area contributed by atoms with Gasteiger partial charge in [0.1, 0.15) is 0 Å². The average molecular weight is 360 g/mol. The molecule has 1 saturated carbocycles. The molecule has 1 aliphatic carbocycles. The molecule has 0 aromatic heterocycles. The van der Waals surface area contributed by atoms with Crippen LogP contribution in [0.25, 0.3) is 0 Å². The molecule has 1 aromatic carbocycles. The summed E-state index contributed by atoms with van der Waals surface area (Å²) in [5.41, 5.74) is -0.0621. The number of Topliss-reactive ketones (excluding diaryl/α,β-unsaturated/α-hetero) is 1. The minimum atomic E-state index is -3.69. The third-order valence-corrected chi connectivity index (χ3v) is 5.82. The zero-order valence-electron chi connectivity index (χ0n) is 12.9. The molecule has 2 rings (SSSR count). The molecule has 1 aliphatic rings. The summed E-state index contributed by atoms with van der Waals surface area (Å²) in [4.78, 5) is 23.9. The number of sulfonamides is 1. The fourth-order valence-electron chi connectivity index (χ4n) is 2.30. The van der Waals surface area contributed by atoms with Crippen molar-refractivity contribution in [2.45, 2.75) is 36.7 Å². The molecule has 1 aromatic rings. The van der Waals surface area contributed by atoms with Crippen LogP contribution in [0.1, 0.15) is 36.0 Å². The minimum absolute atomic E-state index is 0.0613. The molecule has 1 atom stereocenters. The predicted octanol–water partition coefficient (Wildman–Crippen LogP) is 2.26. The number of nitrogens with zero attached hydrogens (tertiary/aromatic N) is 1. The standard InChI is InChI=1S/C15H18ClNO5S/c1-17(2)23(20,21)10-7-8-12(16)11(9-10)15(19)22-14-6-4-3-5-13(14)18/h7-9,14H,3-6H2,1-2H3. The summed E-state index contributed by atoms with van der Waals surface area (Å²) in [5.74, 6) is -0.899. The van der Waals surface area contributed by atoms with Gasteiger partial charge in [-0.05, 0) is 37.5 Å². The lowest BCUT2D eigenvalue weighted by Gasteiger charge is -2.21.